The first-order valence-electron chi connectivity index (χ1n) is 9.87. The highest BCUT2D eigenvalue weighted by Crippen LogP contribution is 2.33. The zero-order valence-electron chi connectivity index (χ0n) is 18.3. The normalized spacial score (nSPS) is 10.9. The van der Waals surface area contributed by atoms with E-state index in [1.165, 1.54) is 17.4 Å². The average Bonchev–Trinajstić information content (AvgIpc) is 3.12. The molecule has 3 aromatic rings. The number of rotatable bonds is 8. The van der Waals surface area contributed by atoms with Crippen LogP contribution in [0.5, 0.6) is 17.2 Å². The molecule has 1 heterocycles. The van der Waals surface area contributed by atoms with Gasteiger partial charge in [0.2, 0.25) is 5.91 Å². The number of benzene rings is 2. The molecular formula is C24H26N2O4S. The van der Waals surface area contributed by atoms with Gasteiger partial charge >= 0.3 is 0 Å². The molecule has 0 fully saturated rings. The van der Waals surface area contributed by atoms with E-state index in [1.54, 1.807) is 20.3 Å². The van der Waals surface area contributed by atoms with Gasteiger partial charge in [-0.05, 0) is 68.3 Å². The maximum Gasteiger partial charge on any atom is 0.250 e. The third-order valence-electron chi connectivity index (χ3n) is 4.61. The number of thiazole rings is 1. The van der Waals surface area contributed by atoms with E-state index in [0.717, 1.165) is 33.0 Å². The summed E-state index contributed by atoms with van der Waals surface area (Å²) in [6.07, 6.45) is 3.20. The largest absolute Gasteiger partial charge is 0.496 e. The zero-order chi connectivity index (χ0) is 22.4. The molecule has 0 saturated carbocycles. The number of carbonyl (C=O) groups is 1. The van der Waals surface area contributed by atoms with E-state index < -0.39 is 0 Å². The van der Waals surface area contributed by atoms with Gasteiger partial charge in [0.25, 0.3) is 0 Å². The Hall–Kier alpha value is -3.32. The van der Waals surface area contributed by atoms with Gasteiger partial charge in [0.1, 0.15) is 5.75 Å². The van der Waals surface area contributed by atoms with Crippen LogP contribution in [0.1, 0.15) is 22.9 Å². The molecule has 0 unspecified atom stereocenters. The van der Waals surface area contributed by atoms with Crippen LogP contribution in [0.4, 0.5) is 5.13 Å². The number of anilines is 1. The number of carbonyl (C=O) groups excluding carboxylic acids is 1. The number of nitrogens with zero attached hydrogens (tertiary/aromatic N) is 1. The Balaban J connectivity index is 1.71. The molecule has 0 spiro atoms. The van der Waals surface area contributed by atoms with Crippen molar-refractivity contribution in [3.05, 3.63) is 58.5 Å². The van der Waals surface area contributed by atoms with E-state index in [4.69, 9.17) is 14.2 Å². The molecule has 1 N–H and O–H groups in total. The van der Waals surface area contributed by atoms with Crippen molar-refractivity contribution in [2.75, 3.05) is 26.1 Å². The molecule has 0 atom stereocenters. The molecular weight excluding hydrogens is 412 g/mol. The van der Waals surface area contributed by atoms with Crippen LogP contribution in [0.3, 0.4) is 0 Å². The predicted molar refractivity (Wildman–Crippen MR) is 125 cm³/mol. The van der Waals surface area contributed by atoms with Gasteiger partial charge < -0.3 is 14.2 Å². The van der Waals surface area contributed by atoms with E-state index in [9.17, 15) is 4.79 Å². The monoisotopic (exact) mass is 438 g/mol. The lowest BCUT2D eigenvalue weighted by Crippen LogP contribution is -2.07. The second kappa shape index (κ2) is 10.1. The molecule has 0 saturated heterocycles. The van der Waals surface area contributed by atoms with Crippen molar-refractivity contribution in [1.82, 2.24) is 4.98 Å². The molecule has 0 aliphatic rings. The van der Waals surface area contributed by atoms with Crippen molar-refractivity contribution in [2.24, 2.45) is 0 Å². The van der Waals surface area contributed by atoms with Crippen molar-refractivity contribution in [1.29, 1.82) is 0 Å². The van der Waals surface area contributed by atoms with E-state index in [-0.39, 0.29) is 5.91 Å². The van der Waals surface area contributed by atoms with Gasteiger partial charge in [-0.2, -0.15) is 0 Å². The number of aryl methyl sites for hydroxylation is 2. The van der Waals surface area contributed by atoms with Gasteiger partial charge in [-0.25, -0.2) is 4.98 Å². The van der Waals surface area contributed by atoms with Crippen molar-refractivity contribution in [3.63, 3.8) is 0 Å². The smallest absolute Gasteiger partial charge is 0.250 e. The molecule has 0 radical (unpaired) electrons. The fourth-order valence-corrected chi connectivity index (χ4v) is 3.96. The summed E-state index contributed by atoms with van der Waals surface area (Å²) in [5.74, 6) is 1.88. The van der Waals surface area contributed by atoms with Crippen molar-refractivity contribution in [2.45, 2.75) is 20.8 Å². The van der Waals surface area contributed by atoms with E-state index in [1.807, 2.05) is 57.2 Å². The molecule has 7 heteroatoms. The van der Waals surface area contributed by atoms with Crippen LogP contribution < -0.4 is 19.5 Å². The van der Waals surface area contributed by atoms with Gasteiger partial charge in [0.15, 0.2) is 16.6 Å². The lowest BCUT2D eigenvalue weighted by Gasteiger charge is -2.09. The number of methoxy groups -OCH3 is 2. The fourth-order valence-electron chi connectivity index (χ4n) is 3.13. The first-order chi connectivity index (χ1) is 14.9. The summed E-state index contributed by atoms with van der Waals surface area (Å²) >= 11 is 1.44. The Labute approximate surface area is 186 Å². The molecule has 0 aliphatic carbocycles. The number of amides is 1. The second-order valence-electron chi connectivity index (χ2n) is 6.77. The molecule has 2 aromatic carbocycles. The third-order valence-corrected chi connectivity index (χ3v) is 5.50. The van der Waals surface area contributed by atoms with E-state index in [2.05, 4.69) is 10.3 Å². The number of aromatic nitrogens is 1. The first-order valence-corrected chi connectivity index (χ1v) is 10.7. The third kappa shape index (κ3) is 5.44. The molecule has 1 amide bonds. The molecule has 0 aliphatic heterocycles. The summed E-state index contributed by atoms with van der Waals surface area (Å²) in [6, 6.07) is 11.5. The number of hydrogen-bond donors (Lipinski definition) is 1. The topological polar surface area (TPSA) is 69.7 Å². The summed E-state index contributed by atoms with van der Waals surface area (Å²) in [5.41, 5.74) is 3.71. The minimum absolute atomic E-state index is 0.251. The minimum Gasteiger partial charge on any atom is -0.496 e. The summed E-state index contributed by atoms with van der Waals surface area (Å²) in [7, 11) is 3.24. The van der Waals surface area contributed by atoms with E-state index >= 15 is 0 Å². The summed E-state index contributed by atoms with van der Waals surface area (Å²) in [6.45, 7) is 6.45. The Morgan fingerprint density at radius 3 is 2.48 bits per heavy atom. The fraction of sp³-hybridized carbons (Fsp3) is 0.250. The van der Waals surface area contributed by atoms with Gasteiger partial charge in [-0.15, -0.1) is 11.3 Å². The molecule has 162 valence electrons. The predicted octanol–water partition coefficient (Wildman–Crippen LogP) is 5.49. The van der Waals surface area contributed by atoms with Crippen molar-refractivity contribution < 1.29 is 19.0 Å². The molecule has 1 aromatic heterocycles. The highest BCUT2D eigenvalue weighted by Gasteiger charge is 2.12. The molecule has 31 heavy (non-hydrogen) atoms. The molecule has 3 rings (SSSR count). The number of hydrogen-bond acceptors (Lipinski definition) is 6. The van der Waals surface area contributed by atoms with Gasteiger partial charge in [-0.1, -0.05) is 6.07 Å². The van der Waals surface area contributed by atoms with E-state index in [0.29, 0.717) is 23.2 Å². The zero-order valence-corrected chi connectivity index (χ0v) is 19.1. The SMILES string of the molecule is CCOc1ccc(/C=C/C(=O)Nc2nc(-c3ccc(OC)c(C)c3)c(C)s2)cc1OC. The lowest BCUT2D eigenvalue weighted by atomic mass is 10.1. The highest BCUT2D eigenvalue weighted by molar-refractivity contribution is 7.16. The summed E-state index contributed by atoms with van der Waals surface area (Å²) < 4.78 is 16.2. The van der Waals surface area contributed by atoms with Crippen LogP contribution in [0.25, 0.3) is 17.3 Å². The Bertz CT molecular complexity index is 1100. The summed E-state index contributed by atoms with van der Waals surface area (Å²) in [5, 5.41) is 3.40. The van der Waals surface area contributed by atoms with Crippen LogP contribution in [0, 0.1) is 13.8 Å². The maximum absolute atomic E-state index is 12.4. The van der Waals surface area contributed by atoms with Gasteiger partial charge in [-0.3, -0.25) is 10.1 Å². The van der Waals surface area contributed by atoms with Gasteiger partial charge in [0.05, 0.1) is 26.5 Å². The van der Waals surface area contributed by atoms with Crippen LogP contribution in [-0.4, -0.2) is 31.7 Å². The minimum atomic E-state index is -0.251. The highest BCUT2D eigenvalue weighted by atomic mass is 32.1. The van der Waals surface area contributed by atoms with Crippen LogP contribution in [0.2, 0.25) is 0 Å². The number of ether oxygens (including phenoxy) is 3. The van der Waals surface area contributed by atoms with Crippen molar-refractivity contribution in [3.8, 4) is 28.5 Å². The van der Waals surface area contributed by atoms with Crippen LogP contribution >= 0.6 is 11.3 Å². The maximum atomic E-state index is 12.4. The van der Waals surface area contributed by atoms with Crippen molar-refractivity contribution >= 4 is 28.5 Å². The standard InChI is InChI=1S/C24H26N2O4S/c1-6-30-20-10-7-17(14-21(20)29-5)8-12-22(27)25-24-26-23(16(3)31-24)18-9-11-19(28-4)15(2)13-18/h7-14H,6H2,1-5H3,(H,25,26,27)/b12-8+. The summed E-state index contributed by atoms with van der Waals surface area (Å²) in [4.78, 5) is 18.0. The quantitative estimate of drug-likeness (QED) is 0.471. The number of nitrogens with one attached hydrogen (secondary N) is 1. The van der Waals surface area contributed by atoms with Gasteiger partial charge in [0, 0.05) is 16.5 Å². The molecule has 0 bridgehead atoms. The lowest BCUT2D eigenvalue weighted by molar-refractivity contribution is -0.111. The Kier molecular flexibility index (Phi) is 7.31. The molecule has 6 nitrogen and oxygen atoms in total. The Morgan fingerprint density at radius 1 is 1.06 bits per heavy atom. The second-order valence-corrected chi connectivity index (χ2v) is 7.98. The average molecular weight is 439 g/mol. The Morgan fingerprint density at radius 2 is 1.81 bits per heavy atom. The first kappa shape index (κ1) is 22.4. The van der Waals surface area contributed by atoms with Crippen LogP contribution in [-0.2, 0) is 4.79 Å². The van der Waals surface area contributed by atoms with Crippen LogP contribution in [0.15, 0.2) is 42.5 Å².